The van der Waals surface area contributed by atoms with Gasteiger partial charge in [0.1, 0.15) is 0 Å². The van der Waals surface area contributed by atoms with E-state index in [4.69, 9.17) is 0 Å². The molecule has 0 aliphatic heterocycles. The summed E-state index contributed by atoms with van der Waals surface area (Å²) in [6, 6.07) is 2.31. The molecular formula is C12H11BrF3N3. The van der Waals surface area contributed by atoms with Gasteiger partial charge >= 0.3 is 6.18 Å². The van der Waals surface area contributed by atoms with E-state index in [0.717, 1.165) is 36.0 Å². The van der Waals surface area contributed by atoms with Gasteiger partial charge in [0.15, 0.2) is 5.82 Å². The Bertz CT molecular complexity index is 534. The van der Waals surface area contributed by atoms with Gasteiger partial charge < -0.3 is 0 Å². The van der Waals surface area contributed by atoms with E-state index in [1.807, 2.05) is 0 Å². The topological polar surface area (TPSA) is 30.7 Å². The Morgan fingerprint density at radius 3 is 2.58 bits per heavy atom. The molecule has 2 rings (SSSR count). The summed E-state index contributed by atoms with van der Waals surface area (Å²) in [7, 11) is 0. The van der Waals surface area contributed by atoms with Gasteiger partial charge in [-0.05, 0) is 30.5 Å². The van der Waals surface area contributed by atoms with Crippen LogP contribution in [0.15, 0.2) is 30.7 Å². The van der Waals surface area contributed by atoms with Crippen LogP contribution in [0.3, 0.4) is 0 Å². The molecular weight excluding hydrogens is 323 g/mol. The van der Waals surface area contributed by atoms with Crippen LogP contribution in [0.2, 0.25) is 0 Å². The van der Waals surface area contributed by atoms with Crippen LogP contribution in [-0.4, -0.2) is 20.1 Å². The minimum atomic E-state index is -4.36. The molecule has 0 fully saturated rings. The minimum Gasteiger partial charge on any atom is -0.237 e. The number of alkyl halides is 4. The number of hydrogen-bond acceptors (Lipinski definition) is 2. The van der Waals surface area contributed by atoms with Crippen molar-refractivity contribution in [2.45, 2.75) is 19.0 Å². The lowest BCUT2D eigenvalue weighted by molar-refractivity contribution is -0.137. The van der Waals surface area contributed by atoms with Gasteiger partial charge in [-0.3, -0.25) is 0 Å². The van der Waals surface area contributed by atoms with Crippen molar-refractivity contribution in [3.63, 3.8) is 0 Å². The first-order chi connectivity index (χ1) is 9.00. The predicted molar refractivity (Wildman–Crippen MR) is 68.5 cm³/mol. The highest BCUT2D eigenvalue weighted by molar-refractivity contribution is 9.09. The molecule has 0 saturated carbocycles. The first-order valence-electron chi connectivity index (χ1n) is 5.64. The predicted octanol–water partition coefficient (Wildman–Crippen LogP) is 3.61. The summed E-state index contributed by atoms with van der Waals surface area (Å²) >= 11 is 3.34. The second kappa shape index (κ2) is 5.73. The molecule has 3 nitrogen and oxygen atoms in total. The molecule has 0 aliphatic carbocycles. The van der Waals surface area contributed by atoms with Crippen LogP contribution >= 0.6 is 15.9 Å². The first kappa shape index (κ1) is 14.0. The zero-order valence-corrected chi connectivity index (χ0v) is 11.4. The summed E-state index contributed by atoms with van der Waals surface area (Å²) in [5, 5.41) is 4.99. The normalized spacial score (nSPS) is 11.8. The molecule has 0 N–H and O–H groups in total. The van der Waals surface area contributed by atoms with Crippen molar-refractivity contribution >= 4 is 15.9 Å². The molecule has 0 unspecified atom stereocenters. The minimum absolute atomic E-state index is 0.373. The van der Waals surface area contributed by atoms with Gasteiger partial charge in [-0.2, -0.15) is 18.3 Å². The lowest BCUT2D eigenvalue weighted by Gasteiger charge is -2.06. The number of halogens is 4. The molecule has 2 aromatic rings. The van der Waals surface area contributed by atoms with Crippen LogP contribution in [0.4, 0.5) is 13.2 Å². The average Bonchev–Trinajstić information content (AvgIpc) is 2.84. The first-order valence-corrected chi connectivity index (χ1v) is 6.76. The third-order valence-corrected chi connectivity index (χ3v) is 3.11. The van der Waals surface area contributed by atoms with E-state index in [1.165, 1.54) is 10.7 Å². The molecule has 2 aromatic heterocycles. The van der Waals surface area contributed by atoms with Crippen LogP contribution < -0.4 is 0 Å². The molecule has 102 valence electrons. The summed E-state index contributed by atoms with van der Waals surface area (Å²) in [5.41, 5.74) is 0.268. The average molecular weight is 334 g/mol. The fraction of sp³-hybridized carbons (Fsp3) is 0.333. The maximum Gasteiger partial charge on any atom is 0.417 e. The van der Waals surface area contributed by atoms with Crippen molar-refractivity contribution in [2.75, 3.05) is 5.33 Å². The number of aromatic nitrogens is 3. The Morgan fingerprint density at radius 1 is 1.21 bits per heavy atom. The molecule has 0 bridgehead atoms. The van der Waals surface area contributed by atoms with Crippen molar-refractivity contribution in [2.24, 2.45) is 0 Å². The number of aryl methyl sites for hydroxylation is 1. The molecule has 0 saturated heterocycles. The van der Waals surface area contributed by atoms with E-state index in [9.17, 15) is 13.2 Å². The second-order valence-electron chi connectivity index (χ2n) is 3.99. The Hall–Kier alpha value is -1.37. The molecule has 0 radical (unpaired) electrons. The van der Waals surface area contributed by atoms with Crippen molar-refractivity contribution in [1.82, 2.24) is 14.8 Å². The molecule has 0 atom stereocenters. The summed E-state index contributed by atoms with van der Waals surface area (Å²) < 4.78 is 38.7. The van der Waals surface area contributed by atoms with Crippen molar-refractivity contribution in [1.29, 1.82) is 0 Å². The van der Waals surface area contributed by atoms with Gasteiger partial charge in [-0.1, -0.05) is 15.9 Å². The zero-order chi connectivity index (χ0) is 13.9. The van der Waals surface area contributed by atoms with Crippen LogP contribution in [0, 0.1) is 0 Å². The fourth-order valence-corrected chi connectivity index (χ4v) is 1.86. The maximum absolute atomic E-state index is 12.4. The van der Waals surface area contributed by atoms with Gasteiger partial charge in [-0.15, -0.1) is 0 Å². The van der Waals surface area contributed by atoms with E-state index < -0.39 is 11.7 Å². The van der Waals surface area contributed by atoms with E-state index in [-0.39, 0.29) is 0 Å². The Balaban J connectivity index is 2.16. The van der Waals surface area contributed by atoms with E-state index in [0.29, 0.717) is 5.82 Å². The van der Waals surface area contributed by atoms with Gasteiger partial charge in [-0.25, -0.2) is 9.67 Å². The maximum atomic E-state index is 12.4. The molecule has 0 aromatic carbocycles. The monoisotopic (exact) mass is 333 g/mol. The lowest BCUT2D eigenvalue weighted by atomic mass is 10.2. The quantitative estimate of drug-likeness (QED) is 0.800. The fourth-order valence-electron chi connectivity index (χ4n) is 1.57. The van der Waals surface area contributed by atoms with Crippen molar-refractivity contribution in [3.8, 4) is 5.82 Å². The summed E-state index contributed by atoms with van der Waals surface area (Å²) in [6.45, 7) is 0. The Morgan fingerprint density at radius 2 is 2.00 bits per heavy atom. The Kier molecular flexibility index (Phi) is 4.24. The summed E-state index contributed by atoms with van der Waals surface area (Å²) in [6.07, 6.45) is 1.77. The standard InChI is InChI=1S/C12H11BrF3N3/c13-5-1-2-9-6-18-19(8-9)11-4-3-10(7-17-11)12(14,15)16/h3-4,6-8H,1-2,5H2. The number of hydrogen-bond donors (Lipinski definition) is 0. The molecule has 19 heavy (non-hydrogen) atoms. The number of rotatable bonds is 4. The van der Waals surface area contributed by atoms with Gasteiger partial charge in [0.25, 0.3) is 0 Å². The third kappa shape index (κ3) is 3.56. The van der Waals surface area contributed by atoms with E-state index in [2.05, 4.69) is 26.0 Å². The second-order valence-corrected chi connectivity index (χ2v) is 4.78. The smallest absolute Gasteiger partial charge is 0.237 e. The molecule has 2 heterocycles. The van der Waals surface area contributed by atoms with Crippen LogP contribution in [-0.2, 0) is 12.6 Å². The van der Waals surface area contributed by atoms with Crippen LogP contribution in [0.25, 0.3) is 5.82 Å². The third-order valence-electron chi connectivity index (χ3n) is 2.55. The summed E-state index contributed by atoms with van der Waals surface area (Å²) in [5.74, 6) is 0.373. The Labute approximate surface area is 116 Å². The highest BCUT2D eigenvalue weighted by atomic mass is 79.9. The number of nitrogens with zero attached hydrogens (tertiary/aromatic N) is 3. The van der Waals surface area contributed by atoms with Crippen LogP contribution in [0.1, 0.15) is 17.5 Å². The molecule has 0 spiro atoms. The van der Waals surface area contributed by atoms with E-state index >= 15 is 0 Å². The van der Waals surface area contributed by atoms with Gasteiger partial charge in [0.2, 0.25) is 0 Å². The van der Waals surface area contributed by atoms with Gasteiger partial charge in [0, 0.05) is 17.7 Å². The molecule has 7 heteroatoms. The number of pyridine rings is 1. The van der Waals surface area contributed by atoms with E-state index in [1.54, 1.807) is 12.4 Å². The largest absolute Gasteiger partial charge is 0.417 e. The highest BCUT2D eigenvalue weighted by Crippen LogP contribution is 2.28. The molecule has 0 amide bonds. The summed E-state index contributed by atoms with van der Waals surface area (Å²) in [4.78, 5) is 3.78. The van der Waals surface area contributed by atoms with Crippen molar-refractivity contribution in [3.05, 3.63) is 41.9 Å². The van der Waals surface area contributed by atoms with Crippen LogP contribution in [0.5, 0.6) is 0 Å². The zero-order valence-electron chi connectivity index (χ0n) is 9.86. The SMILES string of the molecule is FC(F)(F)c1ccc(-n2cc(CCCBr)cn2)nc1. The lowest BCUT2D eigenvalue weighted by Crippen LogP contribution is -2.06. The molecule has 0 aliphatic rings. The van der Waals surface area contributed by atoms with Gasteiger partial charge in [0.05, 0.1) is 11.8 Å². The highest BCUT2D eigenvalue weighted by Gasteiger charge is 2.30. The van der Waals surface area contributed by atoms with Crippen molar-refractivity contribution < 1.29 is 13.2 Å².